The van der Waals surface area contributed by atoms with Crippen molar-refractivity contribution >= 4 is 18.0 Å². The van der Waals surface area contributed by atoms with Gasteiger partial charge in [-0.1, -0.05) is 24.3 Å². The van der Waals surface area contributed by atoms with Gasteiger partial charge in [0.15, 0.2) is 0 Å². The number of nitrogens with zero attached hydrogens (tertiary/aromatic N) is 4. The van der Waals surface area contributed by atoms with Crippen molar-refractivity contribution in [2.75, 3.05) is 13.3 Å². The maximum absolute atomic E-state index is 10.0. The van der Waals surface area contributed by atoms with Crippen molar-refractivity contribution in [3.8, 4) is 0 Å². The molecule has 0 amide bonds. The zero-order chi connectivity index (χ0) is 17.6. The number of hydrogen-bond acceptors (Lipinski definition) is 8. The van der Waals surface area contributed by atoms with Crippen LogP contribution in [0.2, 0.25) is 0 Å². The minimum Gasteiger partial charge on any atom is -0.394 e. The molecule has 0 aliphatic carbocycles. The van der Waals surface area contributed by atoms with Crippen LogP contribution < -0.4 is 5.73 Å². The Balaban J connectivity index is 1.74. The third-order valence-corrected chi connectivity index (χ3v) is 5.01. The minimum absolute atomic E-state index is 0.230. The fraction of sp³-hybridized carbons (Fsp3) is 0.471. The number of hydrogen-bond donors (Lipinski definition) is 3. The number of amidine groups is 2. The topological polar surface area (TPSA) is 116 Å². The van der Waals surface area contributed by atoms with Crippen molar-refractivity contribution < 1.29 is 14.9 Å². The highest BCUT2D eigenvalue weighted by Crippen LogP contribution is 2.39. The average molecular weight is 343 g/mol. The number of aliphatic imine (C=N–C) groups is 3. The number of benzene rings is 1. The lowest BCUT2D eigenvalue weighted by molar-refractivity contribution is -0.0435. The second kappa shape index (κ2) is 5.91. The molecule has 4 atom stereocenters. The van der Waals surface area contributed by atoms with Gasteiger partial charge in [-0.15, -0.1) is 0 Å². The first-order chi connectivity index (χ1) is 12.1. The first-order valence-corrected chi connectivity index (χ1v) is 8.27. The summed E-state index contributed by atoms with van der Waals surface area (Å²) in [6.07, 6.45) is 0.216. The van der Waals surface area contributed by atoms with Crippen molar-refractivity contribution in [2.45, 2.75) is 37.3 Å². The quantitative estimate of drug-likeness (QED) is 0.699. The van der Waals surface area contributed by atoms with Crippen LogP contribution in [0, 0.1) is 6.92 Å². The average Bonchev–Trinajstić information content (AvgIpc) is 3.17. The molecule has 4 rings (SSSR count). The van der Waals surface area contributed by atoms with Crippen LogP contribution in [0.25, 0.3) is 0 Å². The van der Waals surface area contributed by atoms with E-state index >= 15 is 0 Å². The summed E-state index contributed by atoms with van der Waals surface area (Å²) in [6.45, 7) is 1.99. The Bertz CT molecular complexity index is 777. The van der Waals surface area contributed by atoms with E-state index in [0.29, 0.717) is 18.1 Å². The molecule has 0 aromatic heterocycles. The highest BCUT2D eigenvalue weighted by atomic mass is 16.5. The molecule has 25 heavy (non-hydrogen) atoms. The molecular formula is C17H21N5O3. The van der Waals surface area contributed by atoms with E-state index in [4.69, 9.17) is 15.5 Å². The van der Waals surface area contributed by atoms with Gasteiger partial charge in [-0.05, 0) is 18.1 Å². The van der Waals surface area contributed by atoms with Crippen molar-refractivity contribution in [3.05, 3.63) is 35.4 Å². The number of aliphatic hydroxyl groups is 2. The molecule has 0 saturated carbocycles. The van der Waals surface area contributed by atoms with Crippen LogP contribution in [-0.4, -0.2) is 64.8 Å². The second-order valence-corrected chi connectivity index (χ2v) is 6.46. The van der Waals surface area contributed by atoms with Crippen LogP contribution in [0.3, 0.4) is 0 Å². The van der Waals surface area contributed by atoms with Gasteiger partial charge < -0.3 is 20.7 Å². The predicted molar refractivity (Wildman–Crippen MR) is 93.5 cm³/mol. The normalized spacial score (nSPS) is 34.0. The fourth-order valence-electron chi connectivity index (χ4n) is 3.69. The Hall–Kier alpha value is -2.29. The third kappa shape index (κ3) is 2.29. The van der Waals surface area contributed by atoms with E-state index in [0.717, 1.165) is 11.1 Å². The first kappa shape index (κ1) is 16.2. The van der Waals surface area contributed by atoms with E-state index in [9.17, 15) is 10.2 Å². The predicted octanol–water partition coefficient (Wildman–Crippen LogP) is -0.271. The number of aliphatic hydroxyl groups excluding tert-OH is 2. The lowest BCUT2D eigenvalue weighted by Gasteiger charge is -2.34. The fourth-order valence-corrected chi connectivity index (χ4v) is 3.69. The molecule has 0 bridgehead atoms. The van der Waals surface area contributed by atoms with Crippen molar-refractivity contribution in [1.82, 2.24) is 4.90 Å². The summed E-state index contributed by atoms with van der Waals surface area (Å²) < 4.78 is 5.78. The molecule has 8 nitrogen and oxygen atoms in total. The molecule has 0 spiro atoms. The zero-order valence-electron chi connectivity index (χ0n) is 13.9. The Labute approximate surface area is 145 Å². The summed E-state index contributed by atoms with van der Waals surface area (Å²) in [5.74, 6) is 1.04. The Morgan fingerprint density at radius 2 is 2.16 bits per heavy atom. The van der Waals surface area contributed by atoms with Gasteiger partial charge in [0.1, 0.15) is 30.7 Å². The summed E-state index contributed by atoms with van der Waals surface area (Å²) in [5, 5.41) is 19.4. The smallest absolute Gasteiger partial charge is 0.201 e. The van der Waals surface area contributed by atoms with Gasteiger partial charge in [-0.25, -0.2) is 15.0 Å². The molecule has 8 heteroatoms. The molecule has 1 fully saturated rings. The molecule has 3 heterocycles. The number of ether oxygens (including phenoxy) is 1. The van der Waals surface area contributed by atoms with Crippen LogP contribution in [0.5, 0.6) is 0 Å². The molecule has 1 aromatic rings. The number of rotatable bonds is 3. The van der Waals surface area contributed by atoms with Crippen molar-refractivity contribution in [3.63, 3.8) is 0 Å². The van der Waals surface area contributed by atoms with E-state index in [1.165, 1.54) is 0 Å². The molecule has 132 valence electrons. The van der Waals surface area contributed by atoms with Crippen molar-refractivity contribution in [1.29, 1.82) is 0 Å². The van der Waals surface area contributed by atoms with Gasteiger partial charge in [0.05, 0.1) is 19.0 Å². The Morgan fingerprint density at radius 1 is 1.36 bits per heavy atom. The third-order valence-electron chi connectivity index (χ3n) is 5.01. The van der Waals surface area contributed by atoms with E-state index in [2.05, 4.69) is 9.98 Å². The highest BCUT2D eigenvalue weighted by molar-refractivity contribution is 6.21. The summed E-state index contributed by atoms with van der Waals surface area (Å²) in [5.41, 5.74) is 7.29. The van der Waals surface area contributed by atoms with E-state index < -0.39 is 24.0 Å². The summed E-state index contributed by atoms with van der Waals surface area (Å²) in [6, 6.07) is 7.87. The summed E-state index contributed by atoms with van der Waals surface area (Å²) in [7, 11) is 0. The van der Waals surface area contributed by atoms with Crippen LogP contribution >= 0.6 is 0 Å². The van der Waals surface area contributed by atoms with Gasteiger partial charge in [0.25, 0.3) is 0 Å². The molecule has 1 aromatic carbocycles. The SMILES string of the molecule is Cc1ccccc1C12N=CN([C@H]3C[C@H](O)[C@@H](CO)O3)C1=NCN=C2N. The minimum atomic E-state index is -0.963. The lowest BCUT2D eigenvalue weighted by Crippen LogP contribution is -2.53. The molecule has 1 unspecified atom stereocenters. The lowest BCUT2D eigenvalue weighted by atomic mass is 9.84. The number of fused-ring (bicyclic) bond motifs is 1. The molecule has 3 aliphatic rings. The van der Waals surface area contributed by atoms with Crippen molar-refractivity contribution in [2.24, 2.45) is 20.7 Å². The van der Waals surface area contributed by atoms with Gasteiger partial charge >= 0.3 is 0 Å². The van der Waals surface area contributed by atoms with Gasteiger partial charge in [-0.2, -0.15) is 0 Å². The Kier molecular flexibility index (Phi) is 3.82. The molecule has 0 radical (unpaired) electrons. The van der Waals surface area contributed by atoms with Crippen LogP contribution in [0.1, 0.15) is 17.5 Å². The highest BCUT2D eigenvalue weighted by Gasteiger charge is 2.52. The zero-order valence-corrected chi connectivity index (χ0v) is 13.9. The number of nitrogens with two attached hydrogens (primary N) is 1. The molecular weight excluding hydrogens is 322 g/mol. The number of aryl methyl sites for hydroxylation is 1. The van der Waals surface area contributed by atoms with E-state index in [-0.39, 0.29) is 13.3 Å². The van der Waals surface area contributed by atoms with Gasteiger partial charge in [-0.3, -0.25) is 4.90 Å². The Morgan fingerprint density at radius 3 is 2.88 bits per heavy atom. The largest absolute Gasteiger partial charge is 0.394 e. The van der Waals surface area contributed by atoms with Crippen LogP contribution in [0.4, 0.5) is 0 Å². The van der Waals surface area contributed by atoms with Crippen LogP contribution in [-0.2, 0) is 10.3 Å². The summed E-state index contributed by atoms with van der Waals surface area (Å²) >= 11 is 0. The maximum atomic E-state index is 10.0. The second-order valence-electron chi connectivity index (χ2n) is 6.46. The van der Waals surface area contributed by atoms with Gasteiger partial charge in [0.2, 0.25) is 5.54 Å². The molecule has 4 N–H and O–H groups in total. The van der Waals surface area contributed by atoms with E-state index in [1.54, 1.807) is 11.2 Å². The monoisotopic (exact) mass is 343 g/mol. The maximum Gasteiger partial charge on any atom is 0.201 e. The van der Waals surface area contributed by atoms with Crippen LogP contribution in [0.15, 0.2) is 39.2 Å². The molecule has 1 saturated heterocycles. The first-order valence-electron chi connectivity index (χ1n) is 8.27. The van der Waals surface area contributed by atoms with Gasteiger partial charge in [0, 0.05) is 6.42 Å². The summed E-state index contributed by atoms with van der Waals surface area (Å²) in [4.78, 5) is 15.4. The van der Waals surface area contributed by atoms with E-state index in [1.807, 2.05) is 31.2 Å². The standard InChI is InChI=1S/C17H21N5O3/c1-10-4-2-3-5-11(10)17-15(18)19-8-20-16(17)22(9-21-17)14-6-12(24)13(7-23)25-14/h2-5,9,12-14,23-24H,6-8H2,1H3,(H2,18,19)/t12-,13+,14+,17?/m0/s1. The molecule has 3 aliphatic heterocycles.